The standard InChI is InChI=1S/C21H27N5O3S/c1-15-12-16(2)26-21(24-15)18(14-22-26)17-6-7-19(29-3)20(13-17)30(27,28)23-8-11-25-9-4-5-10-25/h6-7,12-14,23H,4-5,8-11H2,1-3H3. The fourth-order valence-electron chi connectivity index (χ4n) is 3.95. The lowest BCUT2D eigenvalue weighted by molar-refractivity contribution is 0.344. The Bertz CT molecular complexity index is 1170. The van der Waals surface area contributed by atoms with Crippen LogP contribution in [0.2, 0.25) is 0 Å². The monoisotopic (exact) mass is 429 g/mol. The summed E-state index contributed by atoms with van der Waals surface area (Å²) in [7, 11) is -2.25. The molecule has 0 saturated carbocycles. The highest BCUT2D eigenvalue weighted by atomic mass is 32.2. The van der Waals surface area contributed by atoms with E-state index < -0.39 is 10.0 Å². The second-order valence-corrected chi connectivity index (χ2v) is 9.38. The third-order valence-electron chi connectivity index (χ3n) is 5.46. The van der Waals surface area contributed by atoms with Crippen molar-refractivity contribution in [1.29, 1.82) is 0 Å². The van der Waals surface area contributed by atoms with Crippen LogP contribution >= 0.6 is 0 Å². The van der Waals surface area contributed by atoms with Crippen LogP contribution in [0, 0.1) is 13.8 Å². The summed E-state index contributed by atoms with van der Waals surface area (Å²) in [5.41, 5.74) is 4.05. The maximum Gasteiger partial charge on any atom is 0.244 e. The van der Waals surface area contributed by atoms with Gasteiger partial charge in [-0.1, -0.05) is 6.07 Å². The lowest BCUT2D eigenvalue weighted by atomic mass is 10.1. The van der Waals surface area contributed by atoms with Crippen molar-refractivity contribution in [3.63, 3.8) is 0 Å². The molecule has 30 heavy (non-hydrogen) atoms. The zero-order valence-electron chi connectivity index (χ0n) is 17.6. The average molecular weight is 430 g/mol. The number of methoxy groups -OCH3 is 1. The van der Waals surface area contributed by atoms with Crippen LogP contribution < -0.4 is 9.46 Å². The fourth-order valence-corrected chi connectivity index (χ4v) is 5.16. The van der Waals surface area contributed by atoms with E-state index in [0.717, 1.165) is 35.6 Å². The molecule has 8 nitrogen and oxygen atoms in total. The van der Waals surface area contributed by atoms with E-state index in [9.17, 15) is 8.42 Å². The van der Waals surface area contributed by atoms with Gasteiger partial charge in [-0.25, -0.2) is 22.6 Å². The third kappa shape index (κ3) is 4.05. The first-order valence-electron chi connectivity index (χ1n) is 10.1. The highest BCUT2D eigenvalue weighted by Gasteiger charge is 2.22. The molecule has 3 heterocycles. The summed E-state index contributed by atoms with van der Waals surface area (Å²) < 4.78 is 35.9. The van der Waals surface area contributed by atoms with Gasteiger partial charge in [0.15, 0.2) is 5.65 Å². The smallest absolute Gasteiger partial charge is 0.244 e. The van der Waals surface area contributed by atoms with Gasteiger partial charge in [0, 0.05) is 30.0 Å². The van der Waals surface area contributed by atoms with Crippen molar-refractivity contribution in [3.05, 3.63) is 41.9 Å². The highest BCUT2D eigenvalue weighted by Crippen LogP contribution is 2.31. The normalized spacial score (nSPS) is 15.2. The maximum absolute atomic E-state index is 13.0. The van der Waals surface area contributed by atoms with Gasteiger partial charge in [0.25, 0.3) is 0 Å². The molecule has 160 valence electrons. The van der Waals surface area contributed by atoms with Gasteiger partial charge in [0.05, 0.1) is 13.3 Å². The minimum absolute atomic E-state index is 0.118. The molecule has 0 spiro atoms. The second kappa shape index (κ2) is 8.33. The number of hydrogen-bond acceptors (Lipinski definition) is 6. The number of nitrogens with zero attached hydrogens (tertiary/aromatic N) is 4. The molecule has 0 amide bonds. The molecule has 1 saturated heterocycles. The average Bonchev–Trinajstić information content (AvgIpc) is 3.37. The molecule has 9 heteroatoms. The van der Waals surface area contributed by atoms with Gasteiger partial charge in [0.2, 0.25) is 10.0 Å². The molecular formula is C21H27N5O3S. The van der Waals surface area contributed by atoms with Crippen LogP contribution in [0.25, 0.3) is 16.8 Å². The van der Waals surface area contributed by atoms with Crippen molar-refractivity contribution in [2.75, 3.05) is 33.3 Å². The Hall–Kier alpha value is -2.49. The minimum atomic E-state index is -3.73. The van der Waals surface area contributed by atoms with E-state index in [1.54, 1.807) is 22.8 Å². The van der Waals surface area contributed by atoms with Crippen LogP contribution in [0.1, 0.15) is 24.2 Å². The molecule has 0 aliphatic carbocycles. The summed E-state index contributed by atoms with van der Waals surface area (Å²) in [4.78, 5) is 6.99. The van der Waals surface area contributed by atoms with Crippen molar-refractivity contribution in [3.8, 4) is 16.9 Å². The van der Waals surface area contributed by atoms with E-state index >= 15 is 0 Å². The molecule has 3 aromatic rings. The number of fused-ring (bicyclic) bond motifs is 1. The van der Waals surface area contributed by atoms with Gasteiger partial charge < -0.3 is 9.64 Å². The van der Waals surface area contributed by atoms with Gasteiger partial charge in [0.1, 0.15) is 10.6 Å². The third-order valence-corrected chi connectivity index (χ3v) is 6.94. The Labute approximate surface area is 176 Å². The van der Waals surface area contributed by atoms with Crippen molar-refractivity contribution in [2.24, 2.45) is 0 Å². The van der Waals surface area contributed by atoms with Crippen LogP contribution in [0.15, 0.2) is 35.4 Å². The van der Waals surface area contributed by atoms with E-state index in [0.29, 0.717) is 24.5 Å². The minimum Gasteiger partial charge on any atom is -0.495 e. The van der Waals surface area contributed by atoms with E-state index in [-0.39, 0.29) is 4.90 Å². The fraction of sp³-hybridized carbons (Fsp3) is 0.429. The molecule has 1 N–H and O–H groups in total. The lowest BCUT2D eigenvalue weighted by Crippen LogP contribution is -2.33. The SMILES string of the molecule is COc1ccc(-c2cnn3c(C)cc(C)nc23)cc1S(=O)(=O)NCCN1CCCC1. The number of benzene rings is 1. The lowest BCUT2D eigenvalue weighted by Gasteiger charge is -2.16. The summed E-state index contributed by atoms with van der Waals surface area (Å²) >= 11 is 0. The summed E-state index contributed by atoms with van der Waals surface area (Å²) in [6.45, 7) is 7.02. The number of aryl methyl sites for hydroxylation is 2. The molecule has 1 aromatic carbocycles. The number of likely N-dealkylation sites (tertiary alicyclic amines) is 1. The molecule has 1 fully saturated rings. The van der Waals surface area contributed by atoms with Gasteiger partial charge in [-0.2, -0.15) is 5.10 Å². The van der Waals surface area contributed by atoms with E-state index in [1.165, 1.54) is 20.0 Å². The van der Waals surface area contributed by atoms with Crippen LogP contribution in [-0.2, 0) is 10.0 Å². The zero-order valence-corrected chi connectivity index (χ0v) is 18.4. The Kier molecular flexibility index (Phi) is 5.77. The Morgan fingerprint density at radius 2 is 1.93 bits per heavy atom. The molecule has 1 aliphatic rings. The molecule has 0 bridgehead atoms. The van der Waals surface area contributed by atoms with Gasteiger partial charge in [-0.15, -0.1) is 0 Å². The number of hydrogen-bond donors (Lipinski definition) is 1. The summed E-state index contributed by atoms with van der Waals surface area (Å²) in [5, 5.41) is 4.42. The highest BCUT2D eigenvalue weighted by molar-refractivity contribution is 7.89. The number of rotatable bonds is 7. The molecule has 0 atom stereocenters. The van der Waals surface area contributed by atoms with E-state index in [1.807, 2.05) is 26.0 Å². The maximum atomic E-state index is 13.0. The van der Waals surface area contributed by atoms with Crippen LogP contribution in [0.4, 0.5) is 0 Å². The van der Waals surface area contributed by atoms with Crippen LogP contribution in [-0.4, -0.2) is 61.2 Å². The Morgan fingerprint density at radius 1 is 1.17 bits per heavy atom. The quantitative estimate of drug-likeness (QED) is 0.620. The van der Waals surface area contributed by atoms with E-state index in [4.69, 9.17) is 4.74 Å². The van der Waals surface area contributed by atoms with E-state index in [2.05, 4.69) is 19.7 Å². The molecule has 4 rings (SSSR count). The molecule has 1 aliphatic heterocycles. The summed E-state index contributed by atoms with van der Waals surface area (Å²) in [6.07, 6.45) is 4.07. The number of nitrogens with one attached hydrogen (secondary N) is 1. The topological polar surface area (TPSA) is 88.8 Å². The largest absolute Gasteiger partial charge is 0.495 e. The van der Waals surface area contributed by atoms with Gasteiger partial charge >= 0.3 is 0 Å². The van der Waals surface area contributed by atoms with Crippen LogP contribution in [0.5, 0.6) is 5.75 Å². The number of sulfonamides is 1. The van der Waals surface area contributed by atoms with Crippen molar-refractivity contribution in [2.45, 2.75) is 31.6 Å². The summed E-state index contributed by atoms with van der Waals surface area (Å²) in [5.74, 6) is 0.309. The predicted octanol–water partition coefficient (Wildman–Crippen LogP) is 2.40. The number of aromatic nitrogens is 3. The predicted molar refractivity (Wildman–Crippen MR) is 115 cm³/mol. The van der Waals surface area contributed by atoms with Crippen molar-refractivity contribution in [1.82, 2.24) is 24.2 Å². The first-order valence-corrected chi connectivity index (χ1v) is 11.6. The van der Waals surface area contributed by atoms with Gasteiger partial charge in [-0.05, 0) is 63.5 Å². The van der Waals surface area contributed by atoms with Gasteiger partial charge in [-0.3, -0.25) is 0 Å². The molecule has 0 unspecified atom stereocenters. The first-order chi connectivity index (χ1) is 14.4. The van der Waals surface area contributed by atoms with Crippen molar-refractivity contribution < 1.29 is 13.2 Å². The molecular weight excluding hydrogens is 402 g/mol. The Balaban J connectivity index is 1.67. The van der Waals surface area contributed by atoms with Crippen molar-refractivity contribution >= 4 is 15.7 Å². The van der Waals surface area contributed by atoms with Crippen LogP contribution in [0.3, 0.4) is 0 Å². The molecule has 2 aromatic heterocycles. The Morgan fingerprint density at radius 3 is 2.67 bits per heavy atom. The number of ether oxygens (including phenoxy) is 1. The first kappa shape index (κ1) is 20.8. The zero-order chi connectivity index (χ0) is 21.3. The molecule has 0 radical (unpaired) electrons. The second-order valence-electron chi connectivity index (χ2n) is 7.64. The summed E-state index contributed by atoms with van der Waals surface area (Å²) in [6, 6.07) is 7.10.